The van der Waals surface area contributed by atoms with E-state index < -0.39 is 0 Å². The fourth-order valence-electron chi connectivity index (χ4n) is 2.09. The number of aliphatic hydroxyl groups is 1. The lowest BCUT2D eigenvalue weighted by Crippen LogP contribution is -2.25. The Morgan fingerprint density at radius 1 is 1.05 bits per heavy atom. The number of aliphatic hydroxyl groups excluding tert-OH is 1. The smallest absolute Gasteiger partial charge is 0.229 e. The van der Waals surface area contributed by atoms with E-state index in [2.05, 4.69) is 39.3 Å². The van der Waals surface area contributed by atoms with E-state index >= 15 is 0 Å². The Balaban J connectivity index is 2.28. The van der Waals surface area contributed by atoms with Crippen LogP contribution in [0.4, 0.5) is 23.3 Å². The molecule has 0 aliphatic rings. The van der Waals surface area contributed by atoms with Crippen LogP contribution in [0.2, 0.25) is 0 Å². The van der Waals surface area contributed by atoms with E-state index in [0.29, 0.717) is 18.3 Å². The zero-order chi connectivity index (χ0) is 15.8. The van der Waals surface area contributed by atoms with E-state index in [1.807, 2.05) is 36.4 Å². The molecule has 2 aromatic rings. The summed E-state index contributed by atoms with van der Waals surface area (Å²) < 4.78 is 0. The zero-order valence-corrected chi connectivity index (χ0v) is 13.1. The summed E-state index contributed by atoms with van der Waals surface area (Å²) in [6.45, 7) is 6.34. The van der Waals surface area contributed by atoms with Gasteiger partial charge in [-0.15, -0.1) is 0 Å². The van der Waals surface area contributed by atoms with Crippen LogP contribution in [0, 0.1) is 0 Å². The summed E-state index contributed by atoms with van der Waals surface area (Å²) >= 11 is 0. The minimum atomic E-state index is 0.0616. The Morgan fingerprint density at radius 2 is 1.73 bits per heavy atom. The Bertz CT molecular complexity index is 572. The lowest BCUT2D eigenvalue weighted by atomic mass is 10.3. The first kappa shape index (κ1) is 16.0. The molecule has 0 unspecified atom stereocenters. The van der Waals surface area contributed by atoms with Gasteiger partial charge in [-0.05, 0) is 26.0 Å². The summed E-state index contributed by atoms with van der Waals surface area (Å²) in [5, 5.41) is 15.4. The lowest BCUT2D eigenvalue weighted by Gasteiger charge is -2.20. The molecule has 1 aromatic heterocycles. The fraction of sp³-hybridized carbons (Fsp3) is 0.375. The highest BCUT2D eigenvalue weighted by Gasteiger charge is 2.10. The largest absolute Gasteiger partial charge is 0.395 e. The standard InChI is InChI=1S/C16H23N5O/c1-3-21(4-2)16-19-14(17-10-11-22)12-15(20-16)18-13-8-6-5-7-9-13/h5-9,12,22H,3-4,10-11H2,1-2H3,(H2,17,18,19,20). The third kappa shape index (κ3) is 4.33. The first-order valence-corrected chi connectivity index (χ1v) is 7.57. The zero-order valence-electron chi connectivity index (χ0n) is 13.1. The summed E-state index contributed by atoms with van der Waals surface area (Å²) in [6, 6.07) is 11.7. The van der Waals surface area contributed by atoms with Gasteiger partial charge in [-0.2, -0.15) is 9.97 Å². The van der Waals surface area contributed by atoms with Crippen molar-refractivity contribution in [2.45, 2.75) is 13.8 Å². The highest BCUT2D eigenvalue weighted by atomic mass is 16.3. The molecular weight excluding hydrogens is 278 g/mol. The molecule has 2 rings (SSSR count). The van der Waals surface area contributed by atoms with Gasteiger partial charge in [0.25, 0.3) is 0 Å². The van der Waals surface area contributed by atoms with Crippen molar-refractivity contribution in [1.29, 1.82) is 0 Å². The van der Waals surface area contributed by atoms with E-state index in [1.165, 1.54) is 0 Å². The minimum Gasteiger partial charge on any atom is -0.395 e. The fourth-order valence-corrected chi connectivity index (χ4v) is 2.09. The summed E-state index contributed by atoms with van der Waals surface area (Å²) in [5.41, 5.74) is 0.972. The Hall–Kier alpha value is -2.34. The van der Waals surface area contributed by atoms with Gasteiger partial charge < -0.3 is 20.6 Å². The second-order valence-corrected chi connectivity index (χ2v) is 4.75. The number of aromatic nitrogens is 2. The average Bonchev–Trinajstić information content (AvgIpc) is 2.55. The highest BCUT2D eigenvalue weighted by Crippen LogP contribution is 2.20. The SMILES string of the molecule is CCN(CC)c1nc(NCCO)cc(Nc2ccccc2)n1. The predicted molar refractivity (Wildman–Crippen MR) is 90.9 cm³/mol. The van der Waals surface area contributed by atoms with Gasteiger partial charge in [0.15, 0.2) is 0 Å². The number of hydrogen-bond acceptors (Lipinski definition) is 6. The van der Waals surface area contributed by atoms with Crippen molar-refractivity contribution >= 4 is 23.3 Å². The first-order chi connectivity index (χ1) is 10.8. The minimum absolute atomic E-state index is 0.0616. The van der Waals surface area contributed by atoms with Gasteiger partial charge in [-0.1, -0.05) is 18.2 Å². The second kappa shape index (κ2) is 8.19. The van der Waals surface area contributed by atoms with Crippen LogP contribution in [0.1, 0.15) is 13.8 Å². The maximum Gasteiger partial charge on any atom is 0.229 e. The molecule has 0 radical (unpaired) electrons. The molecule has 3 N–H and O–H groups in total. The predicted octanol–water partition coefficient (Wildman–Crippen LogP) is 2.47. The molecule has 0 spiro atoms. The van der Waals surface area contributed by atoms with Crippen LogP contribution >= 0.6 is 0 Å². The lowest BCUT2D eigenvalue weighted by molar-refractivity contribution is 0.311. The van der Waals surface area contributed by atoms with Crippen LogP contribution in [-0.2, 0) is 0 Å². The summed E-state index contributed by atoms with van der Waals surface area (Å²) in [7, 11) is 0. The molecule has 0 bridgehead atoms. The number of nitrogens with zero attached hydrogens (tertiary/aromatic N) is 3. The second-order valence-electron chi connectivity index (χ2n) is 4.75. The molecule has 6 heteroatoms. The molecule has 0 atom stereocenters. The van der Waals surface area contributed by atoms with Crippen LogP contribution in [0.3, 0.4) is 0 Å². The molecule has 0 saturated carbocycles. The van der Waals surface area contributed by atoms with Gasteiger partial charge in [0.05, 0.1) is 6.61 Å². The van der Waals surface area contributed by atoms with Crippen molar-refractivity contribution in [1.82, 2.24) is 9.97 Å². The van der Waals surface area contributed by atoms with Gasteiger partial charge in [0.1, 0.15) is 11.6 Å². The molecule has 6 nitrogen and oxygen atoms in total. The molecule has 22 heavy (non-hydrogen) atoms. The molecule has 1 heterocycles. The van der Waals surface area contributed by atoms with Crippen molar-refractivity contribution in [3.05, 3.63) is 36.4 Å². The number of anilines is 4. The number of benzene rings is 1. The van der Waals surface area contributed by atoms with Crippen molar-refractivity contribution < 1.29 is 5.11 Å². The van der Waals surface area contributed by atoms with Crippen LogP contribution in [0.25, 0.3) is 0 Å². The van der Waals surface area contributed by atoms with Gasteiger partial charge >= 0.3 is 0 Å². The molecule has 0 saturated heterocycles. The number of nitrogens with one attached hydrogen (secondary N) is 2. The van der Waals surface area contributed by atoms with E-state index in [0.717, 1.165) is 24.6 Å². The topological polar surface area (TPSA) is 73.3 Å². The summed E-state index contributed by atoms with van der Waals surface area (Å²) in [5.74, 6) is 2.10. The van der Waals surface area contributed by atoms with Crippen molar-refractivity contribution in [2.24, 2.45) is 0 Å². The molecule has 0 amide bonds. The van der Waals surface area contributed by atoms with E-state index in [1.54, 1.807) is 0 Å². The molecule has 118 valence electrons. The molecule has 0 aliphatic carbocycles. The van der Waals surface area contributed by atoms with E-state index in [9.17, 15) is 0 Å². The van der Waals surface area contributed by atoms with Crippen LogP contribution < -0.4 is 15.5 Å². The number of rotatable bonds is 8. The monoisotopic (exact) mass is 301 g/mol. The average molecular weight is 301 g/mol. The first-order valence-electron chi connectivity index (χ1n) is 7.57. The quantitative estimate of drug-likeness (QED) is 0.695. The van der Waals surface area contributed by atoms with Gasteiger partial charge in [0.2, 0.25) is 5.95 Å². The molecular formula is C16H23N5O. The maximum absolute atomic E-state index is 8.97. The number of para-hydroxylation sites is 1. The van der Waals surface area contributed by atoms with Crippen LogP contribution in [-0.4, -0.2) is 41.3 Å². The van der Waals surface area contributed by atoms with Crippen LogP contribution in [0.5, 0.6) is 0 Å². The van der Waals surface area contributed by atoms with E-state index in [4.69, 9.17) is 5.11 Å². The Kier molecular flexibility index (Phi) is 5.97. The maximum atomic E-state index is 8.97. The normalized spacial score (nSPS) is 10.3. The third-order valence-corrected chi connectivity index (χ3v) is 3.22. The van der Waals surface area contributed by atoms with Crippen molar-refractivity contribution in [2.75, 3.05) is 41.8 Å². The Morgan fingerprint density at radius 3 is 2.36 bits per heavy atom. The summed E-state index contributed by atoms with van der Waals surface area (Å²) in [4.78, 5) is 11.2. The number of hydrogen-bond donors (Lipinski definition) is 3. The van der Waals surface area contributed by atoms with Gasteiger partial charge in [0, 0.05) is 31.4 Å². The molecule has 1 aromatic carbocycles. The molecule has 0 fully saturated rings. The van der Waals surface area contributed by atoms with E-state index in [-0.39, 0.29) is 6.61 Å². The van der Waals surface area contributed by atoms with Crippen molar-refractivity contribution in [3.63, 3.8) is 0 Å². The summed E-state index contributed by atoms with van der Waals surface area (Å²) in [6.07, 6.45) is 0. The highest BCUT2D eigenvalue weighted by molar-refractivity contribution is 5.61. The Labute approximate surface area is 131 Å². The third-order valence-electron chi connectivity index (χ3n) is 3.22. The van der Waals surface area contributed by atoms with Gasteiger partial charge in [-0.25, -0.2) is 0 Å². The van der Waals surface area contributed by atoms with Crippen molar-refractivity contribution in [3.8, 4) is 0 Å². The van der Waals surface area contributed by atoms with Crippen LogP contribution in [0.15, 0.2) is 36.4 Å². The molecule has 0 aliphatic heterocycles. The van der Waals surface area contributed by atoms with Gasteiger partial charge in [-0.3, -0.25) is 0 Å².